The van der Waals surface area contributed by atoms with Crippen LogP contribution in [0.4, 0.5) is 5.13 Å². The molecule has 0 saturated heterocycles. The van der Waals surface area contributed by atoms with E-state index in [0.717, 1.165) is 17.0 Å². The summed E-state index contributed by atoms with van der Waals surface area (Å²) in [6.07, 6.45) is 1.66. The molecule has 4 aromatic rings. The van der Waals surface area contributed by atoms with Crippen LogP contribution < -0.4 is 10.1 Å². The number of thioether (sulfide) groups is 1. The minimum atomic E-state index is -0.136. The van der Waals surface area contributed by atoms with Crippen LogP contribution in [0.15, 0.2) is 65.3 Å². The number of carbonyl (C=O) groups excluding carboxylic acids is 1. The molecule has 164 valence electrons. The highest BCUT2D eigenvalue weighted by Gasteiger charge is 2.20. The first-order valence-corrected chi connectivity index (χ1v) is 11.9. The lowest BCUT2D eigenvalue weighted by molar-refractivity contribution is -0.113. The SMILES string of the molecule is COc1ccc(-c2nnc(SCC(=O)Nc3nccs3)n2-c2ccccc2C(C)C)cc1. The van der Waals surface area contributed by atoms with Crippen molar-refractivity contribution in [1.82, 2.24) is 19.7 Å². The smallest absolute Gasteiger partial charge is 0.236 e. The Hall–Kier alpha value is -3.17. The fraction of sp³-hybridized carbons (Fsp3) is 0.217. The van der Waals surface area contributed by atoms with Gasteiger partial charge < -0.3 is 10.1 Å². The molecule has 2 heterocycles. The number of nitrogens with zero attached hydrogens (tertiary/aromatic N) is 4. The molecule has 32 heavy (non-hydrogen) atoms. The van der Waals surface area contributed by atoms with Gasteiger partial charge in [0.25, 0.3) is 0 Å². The molecule has 7 nitrogen and oxygen atoms in total. The van der Waals surface area contributed by atoms with E-state index in [9.17, 15) is 4.79 Å². The summed E-state index contributed by atoms with van der Waals surface area (Å²) >= 11 is 2.73. The number of benzene rings is 2. The molecule has 2 aromatic heterocycles. The number of hydrogen-bond donors (Lipinski definition) is 1. The average molecular weight is 466 g/mol. The first-order valence-electron chi connectivity index (χ1n) is 10.1. The van der Waals surface area contributed by atoms with Crippen molar-refractivity contribution >= 4 is 34.1 Å². The van der Waals surface area contributed by atoms with Crippen molar-refractivity contribution in [3.05, 3.63) is 65.7 Å². The quantitative estimate of drug-likeness (QED) is 0.358. The molecule has 4 rings (SSSR count). The van der Waals surface area contributed by atoms with E-state index in [1.54, 1.807) is 13.3 Å². The molecule has 0 saturated carbocycles. The number of amides is 1. The molecule has 1 N–H and O–H groups in total. The number of nitrogens with one attached hydrogen (secondary N) is 1. The van der Waals surface area contributed by atoms with Crippen molar-refractivity contribution in [1.29, 1.82) is 0 Å². The van der Waals surface area contributed by atoms with Gasteiger partial charge in [0.05, 0.1) is 18.6 Å². The summed E-state index contributed by atoms with van der Waals surface area (Å²) in [4.78, 5) is 16.5. The zero-order valence-corrected chi connectivity index (χ0v) is 19.6. The Labute approximate surface area is 194 Å². The van der Waals surface area contributed by atoms with Crippen LogP contribution in [0.2, 0.25) is 0 Å². The third kappa shape index (κ3) is 4.84. The van der Waals surface area contributed by atoms with Crippen LogP contribution in [-0.4, -0.2) is 38.5 Å². The van der Waals surface area contributed by atoms with Gasteiger partial charge >= 0.3 is 0 Å². The Kier molecular flexibility index (Phi) is 6.87. The molecule has 0 fully saturated rings. The fourth-order valence-electron chi connectivity index (χ4n) is 3.26. The third-order valence-electron chi connectivity index (χ3n) is 4.79. The van der Waals surface area contributed by atoms with Gasteiger partial charge in [-0.05, 0) is 41.8 Å². The van der Waals surface area contributed by atoms with Gasteiger partial charge in [-0.2, -0.15) is 0 Å². The largest absolute Gasteiger partial charge is 0.497 e. The third-order valence-corrected chi connectivity index (χ3v) is 6.41. The first kappa shape index (κ1) is 22.0. The van der Waals surface area contributed by atoms with Crippen molar-refractivity contribution in [2.75, 3.05) is 18.2 Å². The zero-order chi connectivity index (χ0) is 22.5. The maximum Gasteiger partial charge on any atom is 0.236 e. The van der Waals surface area contributed by atoms with Crippen molar-refractivity contribution < 1.29 is 9.53 Å². The summed E-state index contributed by atoms with van der Waals surface area (Å²) < 4.78 is 7.31. The van der Waals surface area contributed by atoms with Crippen LogP contribution in [0.5, 0.6) is 5.75 Å². The molecule has 0 spiro atoms. The van der Waals surface area contributed by atoms with E-state index in [0.29, 0.717) is 22.0 Å². The predicted molar refractivity (Wildman–Crippen MR) is 129 cm³/mol. The van der Waals surface area contributed by atoms with E-state index >= 15 is 0 Å². The summed E-state index contributed by atoms with van der Waals surface area (Å²) in [5.74, 6) is 1.86. The van der Waals surface area contributed by atoms with Gasteiger partial charge in [-0.3, -0.25) is 9.36 Å². The van der Waals surface area contributed by atoms with Gasteiger partial charge in [0.15, 0.2) is 16.1 Å². The summed E-state index contributed by atoms with van der Waals surface area (Å²) in [6.45, 7) is 4.31. The average Bonchev–Trinajstić information content (AvgIpc) is 3.47. The summed E-state index contributed by atoms with van der Waals surface area (Å²) in [5.41, 5.74) is 3.09. The zero-order valence-electron chi connectivity index (χ0n) is 18.0. The Morgan fingerprint density at radius 3 is 2.62 bits per heavy atom. The number of para-hydroxylation sites is 1. The Morgan fingerprint density at radius 1 is 1.16 bits per heavy atom. The molecule has 0 bridgehead atoms. The van der Waals surface area contributed by atoms with E-state index < -0.39 is 0 Å². The molecule has 9 heteroatoms. The highest BCUT2D eigenvalue weighted by molar-refractivity contribution is 7.99. The lowest BCUT2D eigenvalue weighted by atomic mass is 10.0. The molecular formula is C23H23N5O2S2. The van der Waals surface area contributed by atoms with E-state index in [1.807, 2.05) is 46.3 Å². The Bertz CT molecular complexity index is 1190. The number of anilines is 1. The maximum absolute atomic E-state index is 12.4. The van der Waals surface area contributed by atoms with Crippen LogP contribution in [0.25, 0.3) is 17.1 Å². The maximum atomic E-state index is 12.4. The molecule has 0 aliphatic rings. The molecule has 0 aliphatic carbocycles. The predicted octanol–water partition coefficient (Wildman–Crippen LogP) is 5.25. The number of carbonyl (C=O) groups is 1. The number of methoxy groups -OCH3 is 1. The second-order valence-corrected chi connectivity index (χ2v) is 9.09. The topological polar surface area (TPSA) is 81.9 Å². The molecule has 0 radical (unpaired) electrons. The second-order valence-electron chi connectivity index (χ2n) is 7.26. The molecule has 2 aromatic carbocycles. The van der Waals surface area contributed by atoms with Crippen LogP contribution in [-0.2, 0) is 4.79 Å². The molecule has 0 aliphatic heterocycles. The second kappa shape index (κ2) is 9.97. The van der Waals surface area contributed by atoms with Gasteiger partial charge in [0, 0.05) is 17.1 Å². The van der Waals surface area contributed by atoms with Crippen molar-refractivity contribution in [3.63, 3.8) is 0 Å². The van der Waals surface area contributed by atoms with Crippen LogP contribution >= 0.6 is 23.1 Å². The standard InChI is InChI=1S/C23H23N5O2S2/c1-15(2)18-6-4-5-7-19(18)28-21(16-8-10-17(30-3)11-9-16)26-27-23(28)32-14-20(29)25-22-24-12-13-31-22/h4-13,15H,14H2,1-3H3,(H,24,25,29). The van der Waals surface area contributed by atoms with Gasteiger partial charge in [0.1, 0.15) is 5.75 Å². The summed E-state index contributed by atoms with van der Waals surface area (Å²) in [5, 5.41) is 14.8. The van der Waals surface area contributed by atoms with Crippen molar-refractivity contribution in [2.24, 2.45) is 0 Å². The number of hydrogen-bond acceptors (Lipinski definition) is 7. The lowest BCUT2D eigenvalue weighted by Crippen LogP contribution is -2.14. The van der Waals surface area contributed by atoms with Gasteiger partial charge in [0.2, 0.25) is 5.91 Å². The van der Waals surface area contributed by atoms with Crippen LogP contribution in [0, 0.1) is 0 Å². The Morgan fingerprint density at radius 2 is 1.94 bits per heavy atom. The Balaban J connectivity index is 1.70. The molecular weight excluding hydrogens is 442 g/mol. The first-order chi connectivity index (χ1) is 15.6. The summed E-state index contributed by atoms with van der Waals surface area (Å²) in [7, 11) is 1.64. The number of rotatable bonds is 8. The number of ether oxygens (including phenoxy) is 1. The number of thiazole rings is 1. The highest BCUT2D eigenvalue weighted by Crippen LogP contribution is 2.32. The van der Waals surface area contributed by atoms with E-state index in [-0.39, 0.29) is 11.7 Å². The van der Waals surface area contributed by atoms with Gasteiger partial charge in [-0.15, -0.1) is 21.5 Å². The van der Waals surface area contributed by atoms with E-state index in [4.69, 9.17) is 4.74 Å². The monoisotopic (exact) mass is 465 g/mol. The molecule has 1 amide bonds. The minimum absolute atomic E-state index is 0.136. The molecule has 0 unspecified atom stereocenters. The number of aromatic nitrogens is 4. The van der Waals surface area contributed by atoms with Crippen molar-refractivity contribution in [2.45, 2.75) is 24.9 Å². The van der Waals surface area contributed by atoms with Crippen molar-refractivity contribution in [3.8, 4) is 22.8 Å². The molecule has 0 atom stereocenters. The summed E-state index contributed by atoms with van der Waals surface area (Å²) in [6, 6.07) is 15.9. The fourth-order valence-corrected chi connectivity index (χ4v) is 4.55. The van der Waals surface area contributed by atoms with E-state index in [2.05, 4.69) is 46.5 Å². The van der Waals surface area contributed by atoms with Gasteiger partial charge in [-0.1, -0.05) is 43.8 Å². The van der Waals surface area contributed by atoms with E-state index in [1.165, 1.54) is 28.7 Å². The lowest BCUT2D eigenvalue weighted by Gasteiger charge is -2.17. The van der Waals surface area contributed by atoms with Gasteiger partial charge in [-0.25, -0.2) is 4.98 Å². The van der Waals surface area contributed by atoms with Crippen LogP contribution in [0.1, 0.15) is 25.3 Å². The minimum Gasteiger partial charge on any atom is -0.497 e. The van der Waals surface area contributed by atoms with Crippen LogP contribution in [0.3, 0.4) is 0 Å². The normalized spacial score (nSPS) is 11.0. The highest BCUT2D eigenvalue weighted by atomic mass is 32.2.